The molecule has 0 aliphatic rings. The van der Waals surface area contributed by atoms with Crippen molar-refractivity contribution in [2.45, 2.75) is 57.7 Å². The number of carbonyl (C=O) groups excluding carboxylic acids is 2. The van der Waals surface area contributed by atoms with Gasteiger partial charge in [0.15, 0.2) is 0 Å². The zero-order valence-electron chi connectivity index (χ0n) is 21.0. The Morgan fingerprint density at radius 1 is 1.00 bits per heavy atom. The van der Waals surface area contributed by atoms with E-state index in [-0.39, 0.29) is 23.7 Å². The van der Waals surface area contributed by atoms with Crippen LogP contribution in [0.1, 0.15) is 43.4 Å². The molecule has 2 atom stereocenters. The van der Waals surface area contributed by atoms with Crippen LogP contribution < -0.4 is 16.4 Å². The van der Waals surface area contributed by atoms with E-state index in [0.717, 1.165) is 33.5 Å². The number of nitrogens with two attached hydrogens (primary N) is 1. The van der Waals surface area contributed by atoms with Gasteiger partial charge in [0, 0.05) is 47.4 Å². The molecule has 0 aliphatic heterocycles. The number of hydrogen-bond donors (Lipinski definition) is 5. The summed E-state index contributed by atoms with van der Waals surface area (Å²) in [4.78, 5) is 37.2. The van der Waals surface area contributed by atoms with Gasteiger partial charge in [-0.3, -0.25) is 9.59 Å². The summed E-state index contributed by atoms with van der Waals surface area (Å²) >= 11 is 0. The number of para-hydroxylation sites is 1. The van der Waals surface area contributed by atoms with Crippen molar-refractivity contribution in [1.29, 1.82) is 0 Å². The molecule has 0 fully saturated rings. The number of aromatic amines is 2. The van der Waals surface area contributed by atoms with Crippen LogP contribution in [0.25, 0.3) is 10.9 Å². The number of benzene rings is 2. The first-order valence-electron chi connectivity index (χ1n) is 12.2. The predicted molar refractivity (Wildman–Crippen MR) is 141 cm³/mol. The van der Waals surface area contributed by atoms with E-state index in [1.807, 2.05) is 60.8 Å². The molecule has 4 aromatic rings. The first kappa shape index (κ1) is 25.2. The molecule has 0 bridgehead atoms. The van der Waals surface area contributed by atoms with Crippen molar-refractivity contribution in [3.05, 3.63) is 89.6 Å². The molecule has 4 rings (SSSR count). The molecule has 0 aliphatic carbocycles. The number of rotatable bonds is 9. The molecule has 6 N–H and O–H groups in total. The molecule has 188 valence electrons. The van der Waals surface area contributed by atoms with Crippen LogP contribution in [0.5, 0.6) is 0 Å². The number of imidazole rings is 1. The van der Waals surface area contributed by atoms with Crippen LogP contribution >= 0.6 is 0 Å². The van der Waals surface area contributed by atoms with Gasteiger partial charge in [-0.15, -0.1) is 0 Å². The molecule has 0 saturated heterocycles. The number of amides is 2. The molecule has 0 spiro atoms. The summed E-state index contributed by atoms with van der Waals surface area (Å²) < 4.78 is 0. The first-order valence-corrected chi connectivity index (χ1v) is 12.2. The summed E-state index contributed by atoms with van der Waals surface area (Å²) in [5.74, 6) is 0.164. The van der Waals surface area contributed by atoms with E-state index in [9.17, 15) is 9.59 Å². The Balaban J connectivity index is 1.46. The average molecular weight is 487 g/mol. The lowest BCUT2D eigenvalue weighted by Crippen LogP contribution is -2.53. The molecule has 36 heavy (non-hydrogen) atoms. The second-order valence-electron chi connectivity index (χ2n) is 10.1. The van der Waals surface area contributed by atoms with Crippen LogP contribution in [0.2, 0.25) is 0 Å². The first-order chi connectivity index (χ1) is 17.2. The minimum atomic E-state index is -0.805. The molecular formula is C28H34N6O2. The van der Waals surface area contributed by atoms with Gasteiger partial charge in [0.25, 0.3) is 0 Å². The Bertz CT molecular complexity index is 1320. The second kappa shape index (κ2) is 10.8. The quantitative estimate of drug-likeness (QED) is 0.249. The number of H-pyrrole nitrogens is 2. The van der Waals surface area contributed by atoms with Crippen molar-refractivity contribution in [1.82, 2.24) is 25.6 Å². The maximum atomic E-state index is 13.2. The van der Waals surface area contributed by atoms with E-state index < -0.39 is 12.1 Å². The van der Waals surface area contributed by atoms with Gasteiger partial charge < -0.3 is 26.3 Å². The van der Waals surface area contributed by atoms with E-state index in [1.165, 1.54) is 0 Å². The van der Waals surface area contributed by atoms with Crippen molar-refractivity contribution < 1.29 is 9.59 Å². The summed E-state index contributed by atoms with van der Waals surface area (Å²) in [5, 5.41) is 6.84. The molecule has 0 saturated carbocycles. The van der Waals surface area contributed by atoms with Crippen LogP contribution in [-0.2, 0) is 34.4 Å². The standard InChI is InChI=1S/C28H34N6O2/c1-28(2,3)27-32-17-20(33-27)14-24(26(36)31-15-18-9-5-4-6-10-18)34-25(35)22(29)13-19-16-30-23-12-8-7-11-21(19)23/h4-12,16-17,22,24,30H,13-15,29H2,1-3H3,(H,31,36)(H,32,33)(H,34,35)/t22-,24-/m0/s1. The highest BCUT2D eigenvalue weighted by Crippen LogP contribution is 2.20. The minimum absolute atomic E-state index is 0.158. The molecule has 8 heteroatoms. The van der Waals surface area contributed by atoms with Crippen LogP contribution in [0.15, 0.2) is 67.0 Å². The van der Waals surface area contributed by atoms with Gasteiger partial charge in [-0.2, -0.15) is 0 Å². The summed E-state index contributed by atoms with van der Waals surface area (Å²) in [5.41, 5.74) is 9.83. The van der Waals surface area contributed by atoms with E-state index in [2.05, 4.69) is 46.4 Å². The number of hydrogen-bond acceptors (Lipinski definition) is 4. The summed E-state index contributed by atoms with van der Waals surface area (Å²) in [7, 11) is 0. The largest absolute Gasteiger partial charge is 0.361 e. The summed E-state index contributed by atoms with van der Waals surface area (Å²) in [6, 6.07) is 15.9. The Labute approximate surface area is 211 Å². The SMILES string of the molecule is CC(C)(C)c1ncc(C[C@H](NC(=O)[C@@H](N)Cc2c[nH]c3ccccc23)C(=O)NCc2ccccc2)[nH]1. The molecule has 0 radical (unpaired) electrons. The fourth-order valence-corrected chi connectivity index (χ4v) is 4.09. The Morgan fingerprint density at radius 2 is 1.72 bits per heavy atom. The predicted octanol–water partition coefficient (Wildman–Crippen LogP) is 3.10. The Kier molecular flexibility index (Phi) is 7.55. The van der Waals surface area contributed by atoms with Gasteiger partial charge in [0.2, 0.25) is 11.8 Å². The monoisotopic (exact) mass is 486 g/mol. The fraction of sp³-hybridized carbons (Fsp3) is 0.321. The topological polar surface area (TPSA) is 129 Å². The second-order valence-corrected chi connectivity index (χ2v) is 10.1. The van der Waals surface area contributed by atoms with E-state index in [4.69, 9.17) is 5.73 Å². The molecule has 2 aromatic heterocycles. The van der Waals surface area contributed by atoms with Crippen molar-refractivity contribution >= 4 is 22.7 Å². The van der Waals surface area contributed by atoms with Crippen LogP contribution in [-0.4, -0.2) is 38.8 Å². The molecule has 2 aromatic carbocycles. The van der Waals surface area contributed by atoms with Gasteiger partial charge in [0.1, 0.15) is 11.9 Å². The molecular weight excluding hydrogens is 452 g/mol. The van der Waals surface area contributed by atoms with Crippen LogP contribution in [0, 0.1) is 0 Å². The van der Waals surface area contributed by atoms with E-state index in [0.29, 0.717) is 13.0 Å². The molecule has 0 unspecified atom stereocenters. The zero-order valence-corrected chi connectivity index (χ0v) is 21.0. The maximum absolute atomic E-state index is 13.2. The van der Waals surface area contributed by atoms with Crippen molar-refractivity contribution in [3.63, 3.8) is 0 Å². The average Bonchev–Trinajstić information content (AvgIpc) is 3.50. The van der Waals surface area contributed by atoms with Crippen molar-refractivity contribution in [2.24, 2.45) is 5.73 Å². The van der Waals surface area contributed by atoms with Gasteiger partial charge in [-0.25, -0.2) is 4.98 Å². The Morgan fingerprint density at radius 3 is 2.44 bits per heavy atom. The van der Waals surface area contributed by atoms with Gasteiger partial charge >= 0.3 is 0 Å². The number of aromatic nitrogens is 3. The number of nitrogens with one attached hydrogen (secondary N) is 4. The van der Waals surface area contributed by atoms with E-state index >= 15 is 0 Å². The van der Waals surface area contributed by atoms with Gasteiger partial charge in [0.05, 0.1) is 6.04 Å². The van der Waals surface area contributed by atoms with Crippen LogP contribution in [0.4, 0.5) is 0 Å². The summed E-state index contributed by atoms with van der Waals surface area (Å²) in [6.07, 6.45) is 4.22. The lowest BCUT2D eigenvalue weighted by atomic mass is 9.96. The lowest BCUT2D eigenvalue weighted by molar-refractivity contribution is -0.129. The third-order valence-electron chi connectivity index (χ3n) is 6.16. The van der Waals surface area contributed by atoms with Gasteiger partial charge in [-0.05, 0) is 23.6 Å². The number of carbonyl (C=O) groups is 2. The van der Waals surface area contributed by atoms with Crippen molar-refractivity contribution in [3.8, 4) is 0 Å². The fourth-order valence-electron chi connectivity index (χ4n) is 4.09. The van der Waals surface area contributed by atoms with E-state index in [1.54, 1.807) is 6.20 Å². The molecule has 2 heterocycles. The normalized spacial score (nSPS) is 13.3. The summed E-state index contributed by atoms with van der Waals surface area (Å²) in [6.45, 7) is 6.55. The smallest absolute Gasteiger partial charge is 0.243 e. The highest BCUT2D eigenvalue weighted by Gasteiger charge is 2.26. The third kappa shape index (κ3) is 6.20. The third-order valence-corrected chi connectivity index (χ3v) is 6.16. The highest BCUT2D eigenvalue weighted by atomic mass is 16.2. The minimum Gasteiger partial charge on any atom is -0.361 e. The molecule has 8 nitrogen and oxygen atoms in total. The molecule has 2 amide bonds. The van der Waals surface area contributed by atoms with Crippen LogP contribution in [0.3, 0.4) is 0 Å². The Hall–Kier alpha value is -3.91. The zero-order chi connectivity index (χ0) is 25.7. The van der Waals surface area contributed by atoms with Crippen molar-refractivity contribution in [2.75, 3.05) is 0 Å². The number of nitrogens with zero attached hydrogens (tertiary/aromatic N) is 1. The van der Waals surface area contributed by atoms with Gasteiger partial charge in [-0.1, -0.05) is 69.3 Å². The highest BCUT2D eigenvalue weighted by molar-refractivity contribution is 5.90. The maximum Gasteiger partial charge on any atom is 0.243 e. The number of fused-ring (bicyclic) bond motifs is 1. The lowest BCUT2D eigenvalue weighted by Gasteiger charge is -2.21.